The smallest absolute Gasteiger partial charge is 0.0673 e. The summed E-state index contributed by atoms with van der Waals surface area (Å²) in [5, 5.41) is 6.77. The summed E-state index contributed by atoms with van der Waals surface area (Å²) in [6.07, 6.45) is 2.14. The van der Waals surface area contributed by atoms with Crippen LogP contribution in [0.3, 0.4) is 0 Å². The zero-order valence-electron chi connectivity index (χ0n) is 15.3. The highest BCUT2D eigenvalue weighted by atomic mass is 15.2. The molecule has 24 heavy (non-hydrogen) atoms. The van der Waals surface area contributed by atoms with Crippen LogP contribution in [-0.4, -0.2) is 51.3 Å². The van der Waals surface area contributed by atoms with Crippen molar-refractivity contribution in [2.24, 2.45) is 0 Å². The zero-order chi connectivity index (χ0) is 17.4. The summed E-state index contributed by atoms with van der Waals surface area (Å²) in [5.41, 5.74) is 5.09. The van der Waals surface area contributed by atoms with Crippen LogP contribution in [0, 0.1) is 0 Å². The van der Waals surface area contributed by atoms with E-state index in [1.54, 1.807) is 0 Å². The Kier molecular flexibility index (Phi) is 7.09. The van der Waals surface area contributed by atoms with Crippen LogP contribution < -0.4 is 10.6 Å². The van der Waals surface area contributed by atoms with Gasteiger partial charge >= 0.3 is 0 Å². The van der Waals surface area contributed by atoms with Crippen molar-refractivity contribution in [1.29, 1.82) is 0 Å². The van der Waals surface area contributed by atoms with Gasteiger partial charge in [0.2, 0.25) is 0 Å². The average molecular weight is 326 g/mol. The quantitative estimate of drug-likeness (QED) is 0.692. The van der Waals surface area contributed by atoms with E-state index in [0.29, 0.717) is 0 Å². The molecule has 0 aliphatic carbocycles. The molecule has 2 aromatic carbocycles. The summed E-state index contributed by atoms with van der Waals surface area (Å²) >= 11 is 0. The highest BCUT2D eigenvalue weighted by molar-refractivity contribution is 5.46. The lowest BCUT2D eigenvalue weighted by atomic mass is 10.0. The number of aryl methyl sites for hydroxylation is 2. The standard InChI is InChI=1S/C20H30N4/c1-23(2)15-21-19-11-7-17(8-12-19)5-6-18-9-13-20(14-10-18)22-16-24(3)4/h7-14,21-22H,5-6,15-16H2,1-4H3. The number of rotatable bonds is 9. The number of benzene rings is 2. The third-order valence-corrected chi connectivity index (χ3v) is 3.81. The molecular formula is C20H30N4. The van der Waals surface area contributed by atoms with Crippen LogP contribution in [-0.2, 0) is 12.8 Å². The lowest BCUT2D eigenvalue weighted by Crippen LogP contribution is -2.20. The van der Waals surface area contributed by atoms with Crippen molar-refractivity contribution in [3.8, 4) is 0 Å². The van der Waals surface area contributed by atoms with Gasteiger partial charge in [-0.3, -0.25) is 9.80 Å². The van der Waals surface area contributed by atoms with Crippen LogP contribution in [0.2, 0.25) is 0 Å². The van der Waals surface area contributed by atoms with Crippen LogP contribution in [0.4, 0.5) is 11.4 Å². The van der Waals surface area contributed by atoms with Gasteiger partial charge in [-0.05, 0) is 76.4 Å². The fraction of sp³-hybridized carbons (Fsp3) is 0.400. The van der Waals surface area contributed by atoms with Gasteiger partial charge in [0.25, 0.3) is 0 Å². The SMILES string of the molecule is CN(C)CNc1ccc(CCc2ccc(NCN(C)C)cc2)cc1. The minimum atomic E-state index is 0.855. The van der Waals surface area contributed by atoms with Gasteiger partial charge < -0.3 is 10.6 Å². The van der Waals surface area contributed by atoms with E-state index in [2.05, 4.69) is 97.2 Å². The Bertz CT molecular complexity index is 533. The van der Waals surface area contributed by atoms with Crippen molar-refractivity contribution < 1.29 is 0 Å². The number of hydrogen-bond donors (Lipinski definition) is 2. The predicted octanol–water partition coefficient (Wildman–Crippen LogP) is 3.33. The molecule has 0 saturated carbocycles. The van der Waals surface area contributed by atoms with E-state index in [1.165, 1.54) is 22.5 Å². The minimum absolute atomic E-state index is 0.855. The average Bonchev–Trinajstić information content (AvgIpc) is 2.58. The summed E-state index contributed by atoms with van der Waals surface area (Å²) < 4.78 is 0. The Hall–Kier alpha value is -2.04. The largest absolute Gasteiger partial charge is 0.372 e. The molecule has 0 heterocycles. The van der Waals surface area contributed by atoms with E-state index in [0.717, 1.165) is 26.2 Å². The third kappa shape index (κ3) is 6.60. The molecule has 0 aromatic heterocycles. The maximum Gasteiger partial charge on any atom is 0.0673 e. The fourth-order valence-electron chi connectivity index (χ4n) is 2.37. The summed E-state index contributed by atoms with van der Waals surface area (Å²) in [4.78, 5) is 4.23. The van der Waals surface area contributed by atoms with E-state index >= 15 is 0 Å². The summed E-state index contributed by atoms with van der Waals surface area (Å²) in [6, 6.07) is 17.5. The first-order valence-electron chi connectivity index (χ1n) is 8.48. The Labute approximate surface area is 146 Å². The molecule has 4 nitrogen and oxygen atoms in total. The second kappa shape index (κ2) is 9.30. The second-order valence-electron chi connectivity index (χ2n) is 6.72. The number of nitrogens with one attached hydrogen (secondary N) is 2. The molecule has 0 saturated heterocycles. The van der Waals surface area contributed by atoms with Gasteiger partial charge in [0.1, 0.15) is 0 Å². The molecule has 0 fully saturated rings. The van der Waals surface area contributed by atoms with Crippen LogP contribution in [0.5, 0.6) is 0 Å². The summed E-state index contributed by atoms with van der Waals surface area (Å²) in [5.74, 6) is 0. The molecule has 2 N–H and O–H groups in total. The number of nitrogens with zero attached hydrogens (tertiary/aromatic N) is 2. The zero-order valence-corrected chi connectivity index (χ0v) is 15.3. The molecule has 2 rings (SSSR count). The van der Waals surface area contributed by atoms with Gasteiger partial charge in [0, 0.05) is 11.4 Å². The molecule has 0 amide bonds. The molecule has 2 aromatic rings. The van der Waals surface area contributed by atoms with Gasteiger partial charge in [-0.25, -0.2) is 0 Å². The topological polar surface area (TPSA) is 30.5 Å². The monoisotopic (exact) mass is 326 g/mol. The summed E-state index contributed by atoms with van der Waals surface area (Å²) in [6.45, 7) is 1.71. The van der Waals surface area contributed by atoms with Crippen molar-refractivity contribution in [2.75, 3.05) is 52.2 Å². The Balaban J connectivity index is 1.80. The first-order valence-corrected chi connectivity index (χ1v) is 8.48. The van der Waals surface area contributed by atoms with E-state index in [4.69, 9.17) is 0 Å². The van der Waals surface area contributed by atoms with Crippen LogP contribution in [0.25, 0.3) is 0 Å². The second-order valence-corrected chi connectivity index (χ2v) is 6.72. The normalized spacial score (nSPS) is 11.1. The van der Waals surface area contributed by atoms with Crippen molar-refractivity contribution in [3.05, 3.63) is 59.7 Å². The van der Waals surface area contributed by atoms with Crippen LogP contribution >= 0.6 is 0 Å². The fourth-order valence-corrected chi connectivity index (χ4v) is 2.37. The van der Waals surface area contributed by atoms with E-state index in [9.17, 15) is 0 Å². The molecule has 0 radical (unpaired) electrons. The highest BCUT2D eigenvalue weighted by Gasteiger charge is 1.99. The van der Waals surface area contributed by atoms with Crippen molar-refractivity contribution in [3.63, 3.8) is 0 Å². The number of hydrogen-bond acceptors (Lipinski definition) is 4. The van der Waals surface area contributed by atoms with Gasteiger partial charge in [-0.2, -0.15) is 0 Å². The van der Waals surface area contributed by atoms with Crippen molar-refractivity contribution >= 4 is 11.4 Å². The Morgan fingerprint density at radius 3 is 1.21 bits per heavy atom. The molecule has 0 atom stereocenters. The molecule has 130 valence electrons. The lowest BCUT2D eigenvalue weighted by molar-refractivity contribution is 0.440. The molecule has 0 unspecified atom stereocenters. The lowest BCUT2D eigenvalue weighted by Gasteiger charge is -2.13. The molecule has 0 spiro atoms. The number of anilines is 2. The van der Waals surface area contributed by atoms with Crippen LogP contribution in [0.1, 0.15) is 11.1 Å². The third-order valence-electron chi connectivity index (χ3n) is 3.81. The molecule has 0 bridgehead atoms. The predicted molar refractivity (Wildman–Crippen MR) is 105 cm³/mol. The van der Waals surface area contributed by atoms with Gasteiger partial charge in [0.15, 0.2) is 0 Å². The molecular weight excluding hydrogens is 296 g/mol. The minimum Gasteiger partial charge on any atom is -0.372 e. The highest BCUT2D eigenvalue weighted by Crippen LogP contribution is 2.14. The maximum atomic E-state index is 3.39. The molecule has 0 aliphatic rings. The van der Waals surface area contributed by atoms with Gasteiger partial charge in [-0.1, -0.05) is 24.3 Å². The van der Waals surface area contributed by atoms with E-state index < -0.39 is 0 Å². The molecule has 0 aliphatic heterocycles. The molecule has 4 heteroatoms. The maximum absolute atomic E-state index is 3.39. The first-order chi connectivity index (χ1) is 11.5. The Morgan fingerprint density at radius 2 is 0.917 bits per heavy atom. The van der Waals surface area contributed by atoms with Gasteiger partial charge in [0.05, 0.1) is 13.3 Å². The van der Waals surface area contributed by atoms with E-state index in [-0.39, 0.29) is 0 Å². The Morgan fingerprint density at radius 1 is 0.583 bits per heavy atom. The van der Waals surface area contributed by atoms with Gasteiger partial charge in [-0.15, -0.1) is 0 Å². The van der Waals surface area contributed by atoms with Crippen molar-refractivity contribution in [1.82, 2.24) is 9.80 Å². The van der Waals surface area contributed by atoms with Crippen LogP contribution in [0.15, 0.2) is 48.5 Å². The first kappa shape index (κ1) is 18.3. The van der Waals surface area contributed by atoms with Crippen molar-refractivity contribution in [2.45, 2.75) is 12.8 Å². The summed E-state index contributed by atoms with van der Waals surface area (Å²) in [7, 11) is 8.23. The van der Waals surface area contributed by atoms with E-state index in [1.807, 2.05) is 0 Å².